The molecule has 1 atom stereocenters. The van der Waals surface area contributed by atoms with Gasteiger partial charge >= 0.3 is 6.18 Å². The minimum atomic E-state index is -4.57. The van der Waals surface area contributed by atoms with Crippen LogP contribution in [0.4, 0.5) is 18.9 Å². The Labute approximate surface area is 130 Å². The van der Waals surface area contributed by atoms with Gasteiger partial charge in [-0.05, 0) is 26.0 Å². The number of rotatable bonds is 3. The fraction of sp³-hybridized carbons (Fsp3) is 0.267. The monoisotopic (exact) mass is 322 g/mol. The van der Waals surface area contributed by atoms with Crippen LogP contribution in [0.15, 0.2) is 30.5 Å². The van der Waals surface area contributed by atoms with Crippen molar-refractivity contribution >= 4 is 11.6 Å². The van der Waals surface area contributed by atoms with E-state index in [1.165, 1.54) is 36.0 Å². The molecule has 0 aliphatic rings. The summed E-state index contributed by atoms with van der Waals surface area (Å²) in [5.74, 6) is -0.659. The lowest BCUT2D eigenvalue weighted by Crippen LogP contribution is -2.25. The van der Waals surface area contributed by atoms with Gasteiger partial charge in [-0.2, -0.15) is 23.5 Å². The van der Waals surface area contributed by atoms with E-state index in [4.69, 9.17) is 5.26 Å². The minimum absolute atomic E-state index is 0.306. The van der Waals surface area contributed by atoms with Crippen LogP contribution in [0.3, 0.4) is 0 Å². The van der Waals surface area contributed by atoms with Gasteiger partial charge in [0.25, 0.3) is 0 Å². The van der Waals surface area contributed by atoms with E-state index in [0.29, 0.717) is 11.3 Å². The summed E-state index contributed by atoms with van der Waals surface area (Å²) in [5.41, 5.74) is -0.487. The molecule has 1 heterocycles. The van der Waals surface area contributed by atoms with Gasteiger partial charge in [-0.25, -0.2) is 0 Å². The van der Waals surface area contributed by atoms with Crippen LogP contribution >= 0.6 is 0 Å². The molecule has 8 heteroatoms. The number of carbonyl (C=O) groups is 1. The van der Waals surface area contributed by atoms with Crippen LogP contribution in [-0.2, 0) is 11.0 Å². The molecule has 0 bridgehead atoms. The molecule has 0 fully saturated rings. The van der Waals surface area contributed by atoms with Crippen LogP contribution in [-0.4, -0.2) is 15.7 Å². The summed E-state index contributed by atoms with van der Waals surface area (Å²) in [4.78, 5) is 12.2. The van der Waals surface area contributed by atoms with Gasteiger partial charge in [0.1, 0.15) is 12.1 Å². The number of hydrogen-bond acceptors (Lipinski definition) is 3. The molecule has 0 aliphatic carbocycles. The number of nitrogens with zero attached hydrogens (tertiary/aromatic N) is 3. The molecule has 1 aromatic carbocycles. The lowest BCUT2D eigenvalue weighted by atomic mass is 10.1. The number of aryl methyl sites for hydroxylation is 1. The number of amides is 1. The zero-order chi connectivity index (χ0) is 17.2. The molecule has 0 saturated heterocycles. The van der Waals surface area contributed by atoms with Gasteiger partial charge < -0.3 is 5.32 Å². The summed E-state index contributed by atoms with van der Waals surface area (Å²) in [7, 11) is 0. The van der Waals surface area contributed by atoms with Crippen LogP contribution < -0.4 is 5.32 Å². The van der Waals surface area contributed by atoms with Gasteiger partial charge in [0, 0.05) is 6.20 Å². The summed E-state index contributed by atoms with van der Waals surface area (Å²) in [5, 5.41) is 15.2. The predicted octanol–water partition coefficient (Wildman–Crippen LogP) is 3.28. The largest absolute Gasteiger partial charge is 0.418 e. The highest BCUT2D eigenvalue weighted by Crippen LogP contribution is 2.34. The maximum Gasteiger partial charge on any atom is 0.418 e. The summed E-state index contributed by atoms with van der Waals surface area (Å²) < 4.78 is 40.0. The normalized spacial score (nSPS) is 12.5. The Bertz CT molecular complexity index is 774. The van der Waals surface area contributed by atoms with Gasteiger partial charge in [-0.15, -0.1) is 0 Å². The van der Waals surface area contributed by atoms with Gasteiger partial charge in [0.15, 0.2) is 0 Å². The third-order valence-corrected chi connectivity index (χ3v) is 3.30. The lowest BCUT2D eigenvalue weighted by Gasteiger charge is -2.16. The molecule has 1 aromatic heterocycles. The fourth-order valence-electron chi connectivity index (χ4n) is 1.99. The molecule has 120 valence electrons. The van der Waals surface area contributed by atoms with E-state index >= 15 is 0 Å². The van der Waals surface area contributed by atoms with Crippen molar-refractivity contribution in [3.05, 3.63) is 47.3 Å². The second kappa shape index (κ2) is 6.12. The number of anilines is 1. The summed E-state index contributed by atoms with van der Waals surface area (Å²) >= 11 is 0. The molecule has 2 rings (SSSR count). The topological polar surface area (TPSA) is 70.7 Å². The average molecular weight is 322 g/mol. The summed E-state index contributed by atoms with van der Waals surface area (Å²) in [6.45, 7) is 3.10. The second-order valence-corrected chi connectivity index (χ2v) is 4.93. The molecular formula is C15H13F3N4O. The molecule has 0 aliphatic heterocycles. The Hall–Kier alpha value is -2.82. The Kier molecular flexibility index (Phi) is 4.40. The van der Waals surface area contributed by atoms with E-state index in [1.54, 1.807) is 6.92 Å². The molecule has 0 unspecified atom stereocenters. The number of aromatic nitrogens is 2. The number of nitriles is 1. The first-order chi connectivity index (χ1) is 10.7. The SMILES string of the molecule is Cc1nn([C@H](C)C(=O)Nc2ccccc2C(F)(F)F)cc1C#N. The summed E-state index contributed by atoms with van der Waals surface area (Å²) in [6, 6.07) is 5.79. The number of nitrogens with one attached hydrogen (secondary N) is 1. The number of carbonyl (C=O) groups excluding carboxylic acids is 1. The highest BCUT2D eigenvalue weighted by Gasteiger charge is 2.34. The standard InChI is InChI=1S/C15H13F3N4O/c1-9-11(7-19)8-22(21-9)10(2)14(23)20-13-6-4-3-5-12(13)15(16,17)18/h3-6,8,10H,1-2H3,(H,20,23)/t10-/m1/s1. The van der Waals surface area contributed by atoms with Gasteiger partial charge in [0.2, 0.25) is 5.91 Å². The third-order valence-electron chi connectivity index (χ3n) is 3.30. The fourth-order valence-corrected chi connectivity index (χ4v) is 1.99. The number of alkyl halides is 3. The van der Waals surface area contributed by atoms with E-state index in [-0.39, 0.29) is 5.69 Å². The highest BCUT2D eigenvalue weighted by atomic mass is 19.4. The quantitative estimate of drug-likeness (QED) is 0.942. The van der Waals surface area contributed by atoms with Crippen molar-refractivity contribution in [1.82, 2.24) is 9.78 Å². The molecule has 1 amide bonds. The Morgan fingerprint density at radius 1 is 1.39 bits per heavy atom. The zero-order valence-corrected chi connectivity index (χ0v) is 12.3. The molecule has 0 spiro atoms. The lowest BCUT2D eigenvalue weighted by molar-refractivity contribution is -0.137. The van der Waals surface area contributed by atoms with Gasteiger partial charge in [-0.1, -0.05) is 12.1 Å². The van der Waals surface area contributed by atoms with E-state index in [1.807, 2.05) is 6.07 Å². The third kappa shape index (κ3) is 3.51. The van der Waals surface area contributed by atoms with Crippen molar-refractivity contribution in [1.29, 1.82) is 5.26 Å². The Morgan fingerprint density at radius 2 is 2.04 bits per heavy atom. The number of hydrogen-bond donors (Lipinski definition) is 1. The number of benzene rings is 1. The first-order valence-corrected chi connectivity index (χ1v) is 6.67. The predicted molar refractivity (Wildman–Crippen MR) is 76.5 cm³/mol. The second-order valence-electron chi connectivity index (χ2n) is 4.93. The van der Waals surface area contributed by atoms with Crippen molar-refractivity contribution in [3.8, 4) is 6.07 Å². The first-order valence-electron chi connectivity index (χ1n) is 6.67. The molecule has 23 heavy (non-hydrogen) atoms. The molecule has 0 saturated carbocycles. The number of para-hydroxylation sites is 1. The van der Waals surface area contributed by atoms with Crippen LogP contribution in [0, 0.1) is 18.3 Å². The van der Waals surface area contributed by atoms with Crippen LogP contribution in [0.5, 0.6) is 0 Å². The van der Waals surface area contributed by atoms with E-state index in [2.05, 4.69) is 10.4 Å². The van der Waals surface area contributed by atoms with Gasteiger partial charge in [0.05, 0.1) is 22.5 Å². The molecule has 2 aromatic rings. The summed E-state index contributed by atoms with van der Waals surface area (Å²) in [6.07, 6.45) is -3.18. The number of halogens is 3. The van der Waals surface area contributed by atoms with E-state index in [0.717, 1.165) is 6.07 Å². The van der Waals surface area contributed by atoms with Crippen molar-refractivity contribution in [2.45, 2.75) is 26.1 Å². The first kappa shape index (κ1) is 16.5. The van der Waals surface area contributed by atoms with E-state index in [9.17, 15) is 18.0 Å². The smallest absolute Gasteiger partial charge is 0.324 e. The highest BCUT2D eigenvalue weighted by molar-refractivity contribution is 5.94. The maximum atomic E-state index is 12.9. The van der Waals surface area contributed by atoms with Crippen molar-refractivity contribution in [3.63, 3.8) is 0 Å². The van der Waals surface area contributed by atoms with Crippen molar-refractivity contribution in [2.75, 3.05) is 5.32 Å². The average Bonchev–Trinajstić information content (AvgIpc) is 2.87. The molecular weight excluding hydrogens is 309 g/mol. The van der Waals surface area contributed by atoms with Crippen LogP contribution in [0.25, 0.3) is 0 Å². The van der Waals surface area contributed by atoms with Crippen molar-refractivity contribution in [2.24, 2.45) is 0 Å². The van der Waals surface area contributed by atoms with E-state index < -0.39 is 23.7 Å². The zero-order valence-electron chi connectivity index (χ0n) is 12.3. The van der Waals surface area contributed by atoms with Gasteiger partial charge in [-0.3, -0.25) is 9.48 Å². The molecule has 0 radical (unpaired) electrons. The maximum absolute atomic E-state index is 12.9. The molecule has 5 nitrogen and oxygen atoms in total. The van der Waals surface area contributed by atoms with Crippen molar-refractivity contribution < 1.29 is 18.0 Å². The van der Waals surface area contributed by atoms with Crippen LogP contribution in [0.2, 0.25) is 0 Å². The Balaban J connectivity index is 2.24. The Morgan fingerprint density at radius 3 is 2.61 bits per heavy atom. The van der Waals surface area contributed by atoms with Crippen LogP contribution in [0.1, 0.15) is 29.8 Å². The molecule has 1 N–H and O–H groups in total. The minimum Gasteiger partial charge on any atom is -0.324 e.